The molecule has 6 heteroatoms. The van der Waals surface area contributed by atoms with Gasteiger partial charge in [0.25, 0.3) is 5.56 Å². The molecule has 0 bridgehead atoms. The number of nitrogens with zero attached hydrogens (tertiary/aromatic N) is 2. The molecule has 1 heterocycles. The van der Waals surface area contributed by atoms with E-state index in [2.05, 4.69) is 10.4 Å². The third-order valence-corrected chi connectivity index (χ3v) is 3.02. The van der Waals surface area contributed by atoms with E-state index in [0.29, 0.717) is 11.3 Å². The molecule has 1 aromatic heterocycles. The van der Waals surface area contributed by atoms with Crippen molar-refractivity contribution in [2.45, 2.75) is 19.9 Å². The van der Waals surface area contributed by atoms with Crippen LogP contribution in [0.3, 0.4) is 0 Å². The van der Waals surface area contributed by atoms with Gasteiger partial charge in [0.05, 0.1) is 0 Å². The predicted octanol–water partition coefficient (Wildman–Crippen LogP) is 1.65. The summed E-state index contributed by atoms with van der Waals surface area (Å²) >= 11 is 0. The number of hydrogen-bond donors (Lipinski definition) is 1. The molecule has 108 valence electrons. The number of Topliss-reactive ketones (excluding diaryl/α,β-unsaturated/α-hetero) is 1. The summed E-state index contributed by atoms with van der Waals surface area (Å²) in [6.07, 6.45) is 1.45. The van der Waals surface area contributed by atoms with Crippen LogP contribution in [0.5, 0.6) is 0 Å². The van der Waals surface area contributed by atoms with Crippen LogP contribution in [-0.2, 0) is 4.79 Å². The Bertz CT molecular complexity index is 737. The second-order valence-corrected chi connectivity index (χ2v) is 4.61. The fourth-order valence-corrected chi connectivity index (χ4v) is 1.83. The molecule has 0 saturated heterocycles. The molecule has 1 unspecified atom stereocenters. The first-order valence-electron chi connectivity index (χ1n) is 6.45. The van der Waals surface area contributed by atoms with Gasteiger partial charge in [-0.3, -0.25) is 14.4 Å². The maximum Gasteiger partial charge on any atom is 0.267 e. The third-order valence-electron chi connectivity index (χ3n) is 3.02. The molecular weight excluding hydrogens is 270 g/mol. The third kappa shape index (κ3) is 3.42. The summed E-state index contributed by atoms with van der Waals surface area (Å²) in [5, 5.41) is 6.55. The Morgan fingerprint density at radius 2 is 2.00 bits per heavy atom. The lowest BCUT2D eigenvalue weighted by atomic mass is 10.1. The predicted molar refractivity (Wildman–Crippen MR) is 78.3 cm³/mol. The van der Waals surface area contributed by atoms with Gasteiger partial charge in [-0.25, -0.2) is 4.68 Å². The Balaban J connectivity index is 2.18. The molecule has 0 aliphatic carbocycles. The van der Waals surface area contributed by atoms with E-state index in [1.165, 1.54) is 25.3 Å². The van der Waals surface area contributed by atoms with Gasteiger partial charge in [-0.2, -0.15) is 5.10 Å². The van der Waals surface area contributed by atoms with Crippen LogP contribution in [-0.4, -0.2) is 21.5 Å². The number of carbonyl (C=O) groups excluding carboxylic acids is 2. The van der Waals surface area contributed by atoms with Crippen LogP contribution >= 0.6 is 0 Å². The lowest BCUT2D eigenvalue weighted by Gasteiger charge is -2.13. The Kier molecular flexibility index (Phi) is 4.27. The fourth-order valence-electron chi connectivity index (χ4n) is 1.83. The molecule has 21 heavy (non-hydrogen) atoms. The molecule has 0 aliphatic rings. The van der Waals surface area contributed by atoms with Crippen LogP contribution in [0.1, 0.15) is 30.2 Å². The average Bonchev–Trinajstić information content (AvgIpc) is 2.47. The molecule has 6 nitrogen and oxygen atoms in total. The highest BCUT2D eigenvalue weighted by Gasteiger charge is 2.17. The van der Waals surface area contributed by atoms with Gasteiger partial charge >= 0.3 is 0 Å². The first kappa shape index (κ1) is 14.6. The highest BCUT2D eigenvalue weighted by molar-refractivity contribution is 5.97. The minimum atomic E-state index is -0.750. The van der Waals surface area contributed by atoms with Gasteiger partial charge in [-0.05, 0) is 32.0 Å². The van der Waals surface area contributed by atoms with Crippen molar-refractivity contribution in [2.24, 2.45) is 0 Å². The van der Waals surface area contributed by atoms with Crippen molar-refractivity contribution >= 4 is 17.4 Å². The van der Waals surface area contributed by atoms with Crippen molar-refractivity contribution in [3.8, 4) is 0 Å². The largest absolute Gasteiger partial charge is 0.324 e. The highest BCUT2D eigenvalue weighted by Crippen LogP contribution is 2.13. The standard InChI is InChI=1S/C15H15N3O3/c1-10(18-14(20)7-4-8-16-18)15(21)17-13-6-3-5-12(9-13)11(2)19/h3-10H,1-2H3,(H,17,21). The molecule has 0 fully saturated rings. The SMILES string of the molecule is CC(=O)c1cccc(NC(=O)C(C)n2ncccc2=O)c1. The second-order valence-electron chi connectivity index (χ2n) is 4.61. The van der Waals surface area contributed by atoms with E-state index in [-0.39, 0.29) is 17.2 Å². The summed E-state index contributed by atoms with van der Waals surface area (Å²) in [5.41, 5.74) is 0.664. The summed E-state index contributed by atoms with van der Waals surface area (Å²) in [4.78, 5) is 35.1. The molecule has 0 aliphatic heterocycles. The van der Waals surface area contributed by atoms with E-state index >= 15 is 0 Å². The minimum Gasteiger partial charge on any atom is -0.324 e. The number of nitrogens with one attached hydrogen (secondary N) is 1. The number of hydrogen-bond acceptors (Lipinski definition) is 4. The van der Waals surface area contributed by atoms with Gasteiger partial charge in [0.15, 0.2) is 5.78 Å². The molecule has 0 spiro atoms. The molecule has 0 saturated carbocycles. The topological polar surface area (TPSA) is 81.1 Å². The molecule has 1 atom stereocenters. The minimum absolute atomic E-state index is 0.0832. The van der Waals surface area contributed by atoms with E-state index in [0.717, 1.165) is 4.68 Å². The lowest BCUT2D eigenvalue weighted by molar-refractivity contribution is -0.119. The molecule has 0 radical (unpaired) electrons. The highest BCUT2D eigenvalue weighted by atomic mass is 16.2. The van der Waals surface area contributed by atoms with Crippen LogP contribution in [0.4, 0.5) is 5.69 Å². The van der Waals surface area contributed by atoms with E-state index in [1.54, 1.807) is 31.2 Å². The Labute approximate surface area is 121 Å². The van der Waals surface area contributed by atoms with Crippen molar-refractivity contribution in [3.05, 3.63) is 58.5 Å². The van der Waals surface area contributed by atoms with E-state index in [4.69, 9.17) is 0 Å². The smallest absolute Gasteiger partial charge is 0.267 e. The zero-order chi connectivity index (χ0) is 15.4. The van der Waals surface area contributed by atoms with Crippen molar-refractivity contribution in [1.29, 1.82) is 0 Å². The lowest BCUT2D eigenvalue weighted by Crippen LogP contribution is -2.32. The van der Waals surface area contributed by atoms with Gasteiger partial charge < -0.3 is 5.32 Å². The summed E-state index contributed by atoms with van der Waals surface area (Å²) in [5.74, 6) is -0.461. The quantitative estimate of drug-likeness (QED) is 0.866. The molecule has 1 amide bonds. The number of ketones is 1. The van der Waals surface area contributed by atoms with E-state index in [9.17, 15) is 14.4 Å². The van der Waals surface area contributed by atoms with Crippen LogP contribution in [0, 0.1) is 0 Å². The number of aromatic nitrogens is 2. The number of anilines is 1. The Morgan fingerprint density at radius 3 is 2.67 bits per heavy atom. The Hall–Kier alpha value is -2.76. The van der Waals surface area contributed by atoms with Crippen LogP contribution in [0.15, 0.2) is 47.4 Å². The normalized spacial score (nSPS) is 11.7. The maximum atomic E-state index is 12.2. The van der Waals surface area contributed by atoms with Gasteiger partial charge in [-0.1, -0.05) is 12.1 Å². The van der Waals surface area contributed by atoms with Crippen molar-refractivity contribution in [1.82, 2.24) is 9.78 Å². The molecule has 2 aromatic rings. The van der Waals surface area contributed by atoms with Gasteiger partial charge in [0, 0.05) is 23.5 Å². The van der Waals surface area contributed by atoms with Crippen LogP contribution < -0.4 is 10.9 Å². The summed E-state index contributed by atoms with van der Waals surface area (Å²) in [6.45, 7) is 3.04. The number of benzene rings is 1. The van der Waals surface area contributed by atoms with Gasteiger partial charge in [0.1, 0.15) is 6.04 Å². The molecular formula is C15H15N3O3. The maximum absolute atomic E-state index is 12.2. The number of amides is 1. The zero-order valence-electron chi connectivity index (χ0n) is 11.7. The van der Waals surface area contributed by atoms with E-state index in [1.807, 2.05) is 0 Å². The average molecular weight is 285 g/mol. The van der Waals surface area contributed by atoms with E-state index < -0.39 is 6.04 Å². The molecule has 1 N–H and O–H groups in total. The zero-order valence-corrected chi connectivity index (χ0v) is 11.7. The van der Waals surface area contributed by atoms with Crippen LogP contribution in [0.2, 0.25) is 0 Å². The fraction of sp³-hybridized carbons (Fsp3) is 0.200. The molecule has 2 rings (SSSR count). The van der Waals surface area contributed by atoms with Crippen molar-refractivity contribution in [3.63, 3.8) is 0 Å². The summed E-state index contributed by atoms with van der Waals surface area (Å²) in [7, 11) is 0. The van der Waals surface area contributed by atoms with Gasteiger partial charge in [0.2, 0.25) is 5.91 Å². The molecule has 1 aromatic carbocycles. The first-order valence-corrected chi connectivity index (χ1v) is 6.45. The monoisotopic (exact) mass is 285 g/mol. The van der Waals surface area contributed by atoms with Crippen molar-refractivity contribution in [2.75, 3.05) is 5.32 Å². The number of carbonyl (C=O) groups is 2. The second kappa shape index (κ2) is 6.13. The van der Waals surface area contributed by atoms with Crippen LogP contribution in [0.25, 0.3) is 0 Å². The van der Waals surface area contributed by atoms with Crippen molar-refractivity contribution < 1.29 is 9.59 Å². The van der Waals surface area contributed by atoms with Gasteiger partial charge in [-0.15, -0.1) is 0 Å². The first-order chi connectivity index (χ1) is 9.99. The Morgan fingerprint density at radius 1 is 1.24 bits per heavy atom. The number of rotatable bonds is 4. The summed E-state index contributed by atoms with van der Waals surface area (Å²) in [6, 6.07) is 8.73. The summed E-state index contributed by atoms with van der Waals surface area (Å²) < 4.78 is 1.10.